The Morgan fingerprint density at radius 1 is 0.750 bits per heavy atom. The van der Waals surface area contributed by atoms with Crippen LogP contribution in [-0.2, 0) is 6.42 Å². The zero-order valence-corrected chi connectivity index (χ0v) is 18.0. The number of aryl methyl sites for hydroxylation is 1. The third-order valence-electron chi connectivity index (χ3n) is 5.50. The Morgan fingerprint density at radius 2 is 1.21 bits per heavy atom. The van der Waals surface area contributed by atoms with Gasteiger partial charge in [0.15, 0.2) is 0 Å². The molecule has 0 saturated heterocycles. The van der Waals surface area contributed by atoms with Gasteiger partial charge >= 0.3 is 0 Å². The van der Waals surface area contributed by atoms with Gasteiger partial charge in [-0.05, 0) is 24.0 Å². The van der Waals surface area contributed by atoms with E-state index in [2.05, 4.69) is 31.2 Å². The molecule has 1 aromatic rings. The van der Waals surface area contributed by atoms with Crippen molar-refractivity contribution in [1.82, 2.24) is 0 Å². The molecule has 28 heavy (non-hydrogen) atoms. The Bertz CT molecular complexity index is 506. The van der Waals surface area contributed by atoms with E-state index in [1.165, 1.54) is 82.6 Å². The highest BCUT2D eigenvalue weighted by molar-refractivity contribution is 5.51. The van der Waals surface area contributed by atoms with Gasteiger partial charge in [0.25, 0.3) is 0 Å². The first-order valence-electron chi connectivity index (χ1n) is 11.4. The molecule has 0 aromatic heterocycles. The van der Waals surface area contributed by atoms with Crippen molar-refractivity contribution in [2.24, 2.45) is 5.73 Å². The van der Waals surface area contributed by atoms with Gasteiger partial charge in [-0.15, -0.1) is 0 Å². The molecular weight excluding hydrogens is 346 g/mol. The van der Waals surface area contributed by atoms with E-state index in [4.69, 9.17) is 5.73 Å². The molecule has 0 unspecified atom stereocenters. The Labute approximate surface area is 173 Å². The van der Waals surface area contributed by atoms with Crippen molar-refractivity contribution in [1.29, 1.82) is 0 Å². The summed E-state index contributed by atoms with van der Waals surface area (Å²) in [5, 5.41) is 18.4. The highest BCUT2D eigenvalue weighted by atomic mass is 16.3. The van der Waals surface area contributed by atoms with Crippen LogP contribution in [0.4, 0.5) is 0 Å². The van der Waals surface area contributed by atoms with Gasteiger partial charge in [-0.1, -0.05) is 114 Å². The van der Waals surface area contributed by atoms with Gasteiger partial charge in [0.05, 0.1) is 18.8 Å². The van der Waals surface area contributed by atoms with Crippen LogP contribution in [0.1, 0.15) is 95.1 Å². The van der Waals surface area contributed by atoms with Crippen LogP contribution >= 0.6 is 0 Å². The lowest BCUT2D eigenvalue weighted by Crippen LogP contribution is -2.45. The molecule has 0 atom stereocenters. The summed E-state index contributed by atoms with van der Waals surface area (Å²) >= 11 is 0. The number of nitrogens with two attached hydrogens (primary N) is 1. The van der Waals surface area contributed by atoms with Gasteiger partial charge in [-0.25, -0.2) is 0 Å². The van der Waals surface area contributed by atoms with Crippen LogP contribution < -0.4 is 5.73 Å². The number of hydrogen-bond acceptors (Lipinski definition) is 3. The van der Waals surface area contributed by atoms with E-state index in [-0.39, 0.29) is 13.2 Å². The molecule has 3 nitrogen and oxygen atoms in total. The first-order chi connectivity index (χ1) is 13.6. The van der Waals surface area contributed by atoms with Gasteiger partial charge in [0, 0.05) is 0 Å². The monoisotopic (exact) mass is 389 g/mol. The maximum atomic E-state index is 9.21. The molecule has 0 spiro atoms. The van der Waals surface area contributed by atoms with Crippen LogP contribution in [-0.4, -0.2) is 29.0 Å². The second-order valence-corrected chi connectivity index (χ2v) is 8.26. The smallest absolute Gasteiger partial charge is 0.0811 e. The first-order valence-corrected chi connectivity index (χ1v) is 11.4. The minimum atomic E-state index is -1.05. The fourth-order valence-corrected chi connectivity index (χ4v) is 3.38. The van der Waals surface area contributed by atoms with Gasteiger partial charge in [-0.2, -0.15) is 0 Å². The van der Waals surface area contributed by atoms with E-state index in [9.17, 15) is 10.2 Å². The molecule has 3 heteroatoms. The topological polar surface area (TPSA) is 66.5 Å². The molecule has 0 aliphatic heterocycles. The molecule has 4 N–H and O–H groups in total. The fraction of sp³-hybridized carbons (Fsp3) is 0.680. The summed E-state index contributed by atoms with van der Waals surface area (Å²) in [4.78, 5) is 0. The van der Waals surface area contributed by atoms with Crippen LogP contribution in [0.15, 0.2) is 30.3 Å². The maximum Gasteiger partial charge on any atom is 0.0811 e. The third kappa shape index (κ3) is 11.6. The van der Waals surface area contributed by atoms with E-state index in [0.29, 0.717) is 0 Å². The summed E-state index contributed by atoms with van der Waals surface area (Å²) in [6, 6.07) is 8.46. The average Bonchev–Trinajstić information content (AvgIpc) is 2.73. The lowest BCUT2D eigenvalue weighted by atomic mass is 10.00. The van der Waals surface area contributed by atoms with E-state index in [1.807, 2.05) is 6.08 Å². The second-order valence-electron chi connectivity index (χ2n) is 8.26. The Morgan fingerprint density at radius 3 is 1.68 bits per heavy atom. The average molecular weight is 390 g/mol. The zero-order chi connectivity index (χ0) is 20.5. The number of aliphatic hydroxyl groups excluding tert-OH is 2. The Kier molecular flexibility index (Phi) is 14.0. The largest absolute Gasteiger partial charge is 0.394 e. The fourth-order valence-electron chi connectivity index (χ4n) is 3.38. The molecule has 0 aliphatic rings. The normalized spacial score (nSPS) is 12.1. The minimum Gasteiger partial charge on any atom is -0.394 e. The summed E-state index contributed by atoms with van der Waals surface area (Å²) in [6.45, 7) is 1.74. The zero-order valence-electron chi connectivity index (χ0n) is 18.0. The molecular formula is C25H43NO2. The van der Waals surface area contributed by atoms with Crippen LogP contribution in [0.2, 0.25) is 0 Å². The predicted molar refractivity (Wildman–Crippen MR) is 121 cm³/mol. The molecule has 1 rings (SSSR count). The van der Waals surface area contributed by atoms with Crippen LogP contribution in [0.25, 0.3) is 6.08 Å². The molecule has 0 radical (unpaired) electrons. The highest BCUT2D eigenvalue weighted by Crippen LogP contribution is 2.14. The molecule has 160 valence electrons. The number of unbranched alkanes of at least 4 members (excludes halogenated alkanes) is 11. The molecule has 0 saturated carbocycles. The van der Waals surface area contributed by atoms with Crippen molar-refractivity contribution >= 4 is 6.08 Å². The summed E-state index contributed by atoms with van der Waals surface area (Å²) < 4.78 is 0. The summed E-state index contributed by atoms with van der Waals surface area (Å²) in [6.07, 6.45) is 21.3. The molecule has 0 bridgehead atoms. The number of benzene rings is 1. The summed E-state index contributed by atoms with van der Waals surface area (Å²) in [5.74, 6) is 0. The van der Waals surface area contributed by atoms with Crippen molar-refractivity contribution in [3.63, 3.8) is 0 Å². The van der Waals surface area contributed by atoms with Gasteiger partial charge in [0.1, 0.15) is 0 Å². The Hall–Kier alpha value is -1.16. The molecule has 1 aromatic carbocycles. The second kappa shape index (κ2) is 15.7. The molecule has 0 amide bonds. The lowest BCUT2D eigenvalue weighted by Gasteiger charge is -2.19. The standard InChI is InChI=1S/C25H43NO2/c1-2-3-4-5-6-7-8-9-10-11-12-13-14-23-15-17-24(18-16-23)19-20-25(26,21-27)22-28/h15-20,27-28H,2-14,21-22,26H2,1H3. The van der Waals surface area contributed by atoms with E-state index in [0.717, 1.165) is 12.0 Å². The van der Waals surface area contributed by atoms with Crippen molar-refractivity contribution < 1.29 is 10.2 Å². The highest BCUT2D eigenvalue weighted by Gasteiger charge is 2.18. The number of rotatable bonds is 17. The van der Waals surface area contributed by atoms with Gasteiger partial charge in [-0.3, -0.25) is 0 Å². The maximum absolute atomic E-state index is 9.21. The first kappa shape index (κ1) is 24.9. The van der Waals surface area contributed by atoms with E-state index < -0.39 is 5.54 Å². The van der Waals surface area contributed by atoms with Crippen molar-refractivity contribution in [3.8, 4) is 0 Å². The van der Waals surface area contributed by atoms with Crippen LogP contribution in [0.5, 0.6) is 0 Å². The number of aliphatic hydroxyl groups is 2. The molecule has 0 fully saturated rings. The van der Waals surface area contributed by atoms with Crippen LogP contribution in [0.3, 0.4) is 0 Å². The third-order valence-corrected chi connectivity index (χ3v) is 5.50. The van der Waals surface area contributed by atoms with E-state index in [1.54, 1.807) is 6.08 Å². The quantitative estimate of drug-likeness (QED) is 0.303. The van der Waals surface area contributed by atoms with Crippen molar-refractivity contribution in [2.45, 2.75) is 95.9 Å². The Balaban J connectivity index is 2.08. The predicted octanol–water partition coefficient (Wildman–Crippen LogP) is 5.63. The van der Waals surface area contributed by atoms with Crippen molar-refractivity contribution in [3.05, 3.63) is 41.5 Å². The minimum absolute atomic E-state index is 0.267. The van der Waals surface area contributed by atoms with Crippen molar-refractivity contribution in [2.75, 3.05) is 13.2 Å². The lowest BCUT2D eigenvalue weighted by molar-refractivity contribution is 0.152. The summed E-state index contributed by atoms with van der Waals surface area (Å²) in [5.41, 5.74) is 7.20. The molecule has 0 heterocycles. The number of hydrogen-bond donors (Lipinski definition) is 3. The van der Waals surface area contributed by atoms with Crippen LogP contribution in [0, 0.1) is 0 Å². The van der Waals surface area contributed by atoms with Gasteiger partial charge < -0.3 is 15.9 Å². The summed E-state index contributed by atoms with van der Waals surface area (Å²) in [7, 11) is 0. The van der Waals surface area contributed by atoms with Gasteiger partial charge in [0.2, 0.25) is 0 Å². The van der Waals surface area contributed by atoms with E-state index >= 15 is 0 Å². The molecule has 0 aliphatic carbocycles. The SMILES string of the molecule is CCCCCCCCCCCCCCc1ccc(C=CC(N)(CO)CO)cc1.